The maximum absolute atomic E-state index is 12.8. The van der Waals surface area contributed by atoms with Gasteiger partial charge in [-0.25, -0.2) is 0 Å². The van der Waals surface area contributed by atoms with Gasteiger partial charge >= 0.3 is 0 Å². The predicted octanol–water partition coefficient (Wildman–Crippen LogP) is 1.43. The van der Waals surface area contributed by atoms with E-state index in [2.05, 4.69) is 10.1 Å². The number of carbonyl (C=O) groups excluding carboxylic acids is 2. The van der Waals surface area contributed by atoms with Crippen molar-refractivity contribution in [1.82, 2.24) is 24.6 Å². The maximum atomic E-state index is 12.8. The zero-order chi connectivity index (χ0) is 17.9. The highest BCUT2D eigenvalue weighted by molar-refractivity contribution is 5.92. The van der Waals surface area contributed by atoms with Gasteiger partial charge in [-0.15, -0.1) is 0 Å². The molecular weight excluding hydrogens is 330 g/mol. The Morgan fingerprint density at radius 3 is 2.77 bits per heavy atom. The first-order valence-electron chi connectivity index (χ1n) is 9.18. The molecule has 136 valence electrons. The third kappa shape index (κ3) is 3.47. The van der Waals surface area contributed by atoms with Crippen molar-refractivity contribution in [2.45, 2.75) is 31.8 Å². The molecule has 7 heteroatoms. The lowest BCUT2D eigenvalue weighted by Crippen LogP contribution is -2.48. The van der Waals surface area contributed by atoms with Crippen LogP contribution in [0.4, 0.5) is 0 Å². The molecule has 7 nitrogen and oxygen atoms in total. The topological polar surface area (TPSA) is 71.3 Å². The molecule has 0 aliphatic carbocycles. The van der Waals surface area contributed by atoms with Crippen molar-refractivity contribution in [3.05, 3.63) is 48.5 Å². The van der Waals surface area contributed by atoms with Gasteiger partial charge in [0.15, 0.2) is 0 Å². The van der Waals surface area contributed by atoms with Gasteiger partial charge in [-0.2, -0.15) is 5.10 Å². The van der Waals surface area contributed by atoms with Crippen molar-refractivity contribution in [3.63, 3.8) is 0 Å². The Kier molecular flexibility index (Phi) is 4.69. The van der Waals surface area contributed by atoms with Crippen LogP contribution < -0.4 is 0 Å². The lowest BCUT2D eigenvalue weighted by atomic mass is 9.94. The summed E-state index contributed by atoms with van der Waals surface area (Å²) in [6.07, 6.45) is 7.71. The van der Waals surface area contributed by atoms with Crippen molar-refractivity contribution in [2.24, 2.45) is 5.92 Å². The fourth-order valence-corrected chi connectivity index (χ4v) is 3.99. The van der Waals surface area contributed by atoms with Crippen LogP contribution >= 0.6 is 0 Å². The lowest BCUT2D eigenvalue weighted by molar-refractivity contribution is -0.135. The number of piperidine rings is 1. The summed E-state index contributed by atoms with van der Waals surface area (Å²) in [7, 11) is 0. The van der Waals surface area contributed by atoms with Crippen LogP contribution in [0.5, 0.6) is 0 Å². The summed E-state index contributed by atoms with van der Waals surface area (Å²) in [4.78, 5) is 33.6. The standard InChI is InChI=1S/C19H23N5O2/c25-18(7-11-23-10-3-9-21-23)24-13-15-5-6-16(24)14-22(12-15)19(26)17-4-1-2-8-20-17/h1-4,8-10,15-16H,5-7,11-14H2/t15-,16+/m1/s1. The van der Waals surface area contributed by atoms with E-state index in [4.69, 9.17) is 0 Å². The molecule has 0 N–H and O–H groups in total. The molecule has 2 amide bonds. The molecule has 2 aromatic rings. The maximum Gasteiger partial charge on any atom is 0.272 e. The van der Waals surface area contributed by atoms with E-state index in [1.54, 1.807) is 23.1 Å². The molecule has 2 aromatic heterocycles. The van der Waals surface area contributed by atoms with Gasteiger partial charge in [0.2, 0.25) is 5.91 Å². The van der Waals surface area contributed by atoms with Crippen molar-refractivity contribution in [2.75, 3.05) is 19.6 Å². The Balaban J connectivity index is 1.43. The number of nitrogens with zero attached hydrogens (tertiary/aromatic N) is 5. The minimum Gasteiger partial charge on any atom is -0.338 e. The molecule has 26 heavy (non-hydrogen) atoms. The third-order valence-corrected chi connectivity index (χ3v) is 5.32. The Hall–Kier alpha value is -2.70. The molecule has 0 aromatic carbocycles. The molecular formula is C19H23N5O2. The van der Waals surface area contributed by atoms with Crippen molar-refractivity contribution in [3.8, 4) is 0 Å². The monoisotopic (exact) mass is 353 g/mol. The number of aromatic nitrogens is 3. The van der Waals surface area contributed by atoms with E-state index in [0.29, 0.717) is 37.7 Å². The molecule has 3 saturated heterocycles. The lowest BCUT2D eigenvalue weighted by Gasteiger charge is -2.36. The van der Waals surface area contributed by atoms with Gasteiger partial charge in [0.05, 0.1) is 0 Å². The molecule has 2 bridgehead atoms. The molecule has 5 heterocycles. The Bertz CT molecular complexity index is 762. The summed E-state index contributed by atoms with van der Waals surface area (Å²) < 4.78 is 1.78. The van der Waals surface area contributed by atoms with E-state index in [9.17, 15) is 9.59 Å². The largest absolute Gasteiger partial charge is 0.338 e. The molecule has 5 rings (SSSR count). The van der Waals surface area contributed by atoms with E-state index in [1.807, 2.05) is 34.2 Å². The Morgan fingerprint density at radius 1 is 1.08 bits per heavy atom. The molecule has 2 atom stereocenters. The molecule has 3 aliphatic heterocycles. The predicted molar refractivity (Wildman–Crippen MR) is 95.2 cm³/mol. The zero-order valence-electron chi connectivity index (χ0n) is 14.7. The van der Waals surface area contributed by atoms with Crippen LogP contribution in [-0.4, -0.2) is 62.1 Å². The van der Waals surface area contributed by atoms with Crippen molar-refractivity contribution in [1.29, 1.82) is 0 Å². The van der Waals surface area contributed by atoms with E-state index < -0.39 is 0 Å². The fraction of sp³-hybridized carbons (Fsp3) is 0.474. The quantitative estimate of drug-likeness (QED) is 0.834. The van der Waals surface area contributed by atoms with Crippen molar-refractivity contribution >= 4 is 11.8 Å². The summed E-state index contributed by atoms with van der Waals surface area (Å²) in [6, 6.07) is 7.36. The molecule has 0 radical (unpaired) electrons. The van der Waals surface area contributed by atoms with Gasteiger partial charge < -0.3 is 9.80 Å². The van der Waals surface area contributed by atoms with Gasteiger partial charge in [-0.1, -0.05) is 6.07 Å². The minimum atomic E-state index is -0.0339. The number of fused-ring (bicyclic) bond motifs is 4. The molecule has 0 spiro atoms. The first-order chi connectivity index (χ1) is 12.7. The summed E-state index contributed by atoms with van der Waals surface area (Å²) in [6.45, 7) is 2.64. The van der Waals surface area contributed by atoms with Crippen LogP contribution in [0, 0.1) is 5.92 Å². The molecule has 3 aliphatic rings. The molecule has 0 unspecified atom stereocenters. The summed E-state index contributed by atoms with van der Waals surface area (Å²) in [5, 5.41) is 4.15. The summed E-state index contributed by atoms with van der Waals surface area (Å²) >= 11 is 0. The number of pyridine rings is 1. The van der Waals surface area contributed by atoms with Gasteiger partial charge in [0.1, 0.15) is 5.69 Å². The minimum absolute atomic E-state index is 0.0339. The number of carbonyl (C=O) groups is 2. The van der Waals surface area contributed by atoms with E-state index >= 15 is 0 Å². The Labute approximate surface area is 152 Å². The van der Waals surface area contributed by atoms with Crippen molar-refractivity contribution < 1.29 is 9.59 Å². The van der Waals surface area contributed by atoms with Crippen LogP contribution in [0.1, 0.15) is 29.8 Å². The fourth-order valence-electron chi connectivity index (χ4n) is 3.99. The number of aryl methyl sites for hydroxylation is 1. The van der Waals surface area contributed by atoms with E-state index in [-0.39, 0.29) is 17.9 Å². The zero-order valence-corrected chi connectivity index (χ0v) is 14.7. The number of amides is 2. The number of hydrogen-bond donors (Lipinski definition) is 0. The van der Waals surface area contributed by atoms with E-state index in [1.165, 1.54) is 0 Å². The SMILES string of the molecule is O=C(c1ccccn1)N1C[C@H]2CC[C@@H](C1)N(C(=O)CCn1cccn1)C2. The van der Waals surface area contributed by atoms with Crippen LogP contribution in [0.15, 0.2) is 42.9 Å². The average molecular weight is 353 g/mol. The average Bonchev–Trinajstić information content (AvgIpc) is 3.04. The van der Waals surface area contributed by atoms with Gasteiger partial charge in [-0.05, 0) is 37.0 Å². The van der Waals surface area contributed by atoms with Crippen LogP contribution in [0.2, 0.25) is 0 Å². The molecule has 0 saturated carbocycles. The summed E-state index contributed by atoms with van der Waals surface area (Å²) in [5.74, 6) is 0.464. The second-order valence-electron chi connectivity index (χ2n) is 7.09. The van der Waals surface area contributed by atoms with Crippen LogP contribution in [0.25, 0.3) is 0 Å². The van der Waals surface area contributed by atoms with Gasteiger partial charge in [0, 0.05) is 57.2 Å². The van der Waals surface area contributed by atoms with Crippen LogP contribution in [-0.2, 0) is 11.3 Å². The van der Waals surface area contributed by atoms with E-state index in [0.717, 1.165) is 19.4 Å². The smallest absolute Gasteiger partial charge is 0.272 e. The van der Waals surface area contributed by atoms with Crippen LogP contribution in [0.3, 0.4) is 0 Å². The first kappa shape index (κ1) is 16.8. The summed E-state index contributed by atoms with van der Waals surface area (Å²) in [5.41, 5.74) is 0.477. The highest BCUT2D eigenvalue weighted by Crippen LogP contribution is 2.29. The molecule has 3 fully saturated rings. The van der Waals surface area contributed by atoms with Gasteiger partial charge in [-0.3, -0.25) is 19.3 Å². The number of rotatable bonds is 4. The first-order valence-corrected chi connectivity index (χ1v) is 9.18. The second kappa shape index (κ2) is 7.27. The van der Waals surface area contributed by atoms with Gasteiger partial charge in [0.25, 0.3) is 5.91 Å². The highest BCUT2D eigenvalue weighted by Gasteiger charge is 2.38. The number of hydrogen-bond acceptors (Lipinski definition) is 4. The normalized spacial score (nSPS) is 22.3. The highest BCUT2D eigenvalue weighted by atomic mass is 16.2. The third-order valence-electron chi connectivity index (χ3n) is 5.32. The Morgan fingerprint density at radius 2 is 2.00 bits per heavy atom. The second-order valence-corrected chi connectivity index (χ2v) is 7.09.